The van der Waals surface area contributed by atoms with Crippen LogP contribution in [0.2, 0.25) is 0 Å². The summed E-state index contributed by atoms with van der Waals surface area (Å²) in [5.41, 5.74) is 6.72. The number of halogens is 3. The highest BCUT2D eigenvalue weighted by Gasteiger charge is 2.30. The zero-order valence-electron chi connectivity index (χ0n) is 19.5. The van der Waals surface area contributed by atoms with E-state index in [0.29, 0.717) is 48.2 Å². The number of carbonyl (C=O) groups is 2. The van der Waals surface area contributed by atoms with Crippen molar-refractivity contribution in [1.29, 1.82) is 0 Å². The van der Waals surface area contributed by atoms with Gasteiger partial charge in [-0.3, -0.25) is 9.59 Å². The van der Waals surface area contributed by atoms with Crippen LogP contribution in [-0.4, -0.2) is 29.2 Å². The number of esters is 1. The maximum Gasteiger partial charge on any atom is 0.320 e. The lowest BCUT2D eigenvalue weighted by molar-refractivity contribution is -0.142. The van der Waals surface area contributed by atoms with Crippen LogP contribution in [0.15, 0.2) is 40.1 Å². The Kier molecular flexibility index (Phi) is 7.61. The quantitative estimate of drug-likeness (QED) is 0.379. The predicted octanol–water partition coefficient (Wildman–Crippen LogP) is 4.08. The van der Waals surface area contributed by atoms with Gasteiger partial charge in [0.1, 0.15) is 5.82 Å². The van der Waals surface area contributed by atoms with E-state index >= 15 is 0 Å². The largest absolute Gasteiger partial charge is 0.469 e. The number of nitrogens with one attached hydrogen (secondary N) is 2. The maximum atomic E-state index is 13.8. The van der Waals surface area contributed by atoms with Gasteiger partial charge in [0.25, 0.3) is 0 Å². The molecule has 4 rings (SSSR count). The zero-order valence-corrected chi connectivity index (χ0v) is 19.5. The van der Waals surface area contributed by atoms with Crippen LogP contribution in [0, 0.1) is 35.2 Å². The normalized spacial score (nSPS) is 21.8. The van der Waals surface area contributed by atoms with Gasteiger partial charge in [0.05, 0.1) is 18.5 Å². The van der Waals surface area contributed by atoms with Gasteiger partial charge in [0, 0.05) is 24.3 Å². The molecule has 1 fully saturated rings. The summed E-state index contributed by atoms with van der Waals surface area (Å²) in [5.74, 6) is -4.01. The van der Waals surface area contributed by atoms with E-state index in [1.54, 1.807) is 6.08 Å². The summed E-state index contributed by atoms with van der Waals surface area (Å²) in [4.78, 5) is 24.0. The zero-order chi connectivity index (χ0) is 25.8. The first-order valence-corrected chi connectivity index (χ1v) is 11.5. The molecule has 1 unspecified atom stereocenters. The highest BCUT2D eigenvalue weighted by molar-refractivity contribution is 5.91. The third-order valence-electron chi connectivity index (χ3n) is 6.61. The number of allylic oxidation sites excluding steroid dienone is 3. The summed E-state index contributed by atoms with van der Waals surface area (Å²) in [5, 5.41) is 12.1. The molecule has 0 bridgehead atoms. The molecule has 192 valence electrons. The number of rotatable bonds is 7. The van der Waals surface area contributed by atoms with Gasteiger partial charge in [-0.1, -0.05) is 11.2 Å². The SMILES string of the molecule is COC(=O)C[C@H]1CC[C@H](C2C=CC(NC(=O)c3nnc(Nc4cc(F)c(F)cc4F)o3)=C(N)C2)CC1. The summed E-state index contributed by atoms with van der Waals surface area (Å²) >= 11 is 0. The van der Waals surface area contributed by atoms with Crippen molar-refractivity contribution in [2.45, 2.75) is 38.5 Å². The predicted molar refractivity (Wildman–Crippen MR) is 122 cm³/mol. The molecule has 2 aromatic rings. The topological polar surface area (TPSA) is 132 Å². The minimum atomic E-state index is -1.34. The van der Waals surface area contributed by atoms with Crippen LogP contribution in [0.1, 0.15) is 49.2 Å². The van der Waals surface area contributed by atoms with Crippen molar-refractivity contribution in [3.63, 3.8) is 0 Å². The second-order valence-electron chi connectivity index (χ2n) is 8.96. The van der Waals surface area contributed by atoms with Crippen LogP contribution in [0.4, 0.5) is 24.9 Å². The van der Waals surface area contributed by atoms with Crippen LogP contribution in [0.25, 0.3) is 0 Å². The van der Waals surface area contributed by atoms with Crippen molar-refractivity contribution >= 4 is 23.6 Å². The lowest BCUT2D eigenvalue weighted by Crippen LogP contribution is -2.30. The van der Waals surface area contributed by atoms with Gasteiger partial charge in [-0.05, 0) is 55.9 Å². The van der Waals surface area contributed by atoms with Crippen molar-refractivity contribution < 1.29 is 31.9 Å². The molecule has 36 heavy (non-hydrogen) atoms. The molecule has 1 aromatic heterocycles. The number of nitrogens with two attached hydrogens (primary N) is 1. The molecular formula is C24H26F3N5O4. The third-order valence-corrected chi connectivity index (χ3v) is 6.61. The molecule has 4 N–H and O–H groups in total. The number of benzene rings is 1. The standard InChI is InChI=1S/C24H26F3N5O4/c1-35-21(33)8-12-2-4-13(5-3-12)14-6-7-19(18(28)9-14)29-22(34)23-31-32-24(36-23)30-20-11-16(26)15(25)10-17(20)27/h6-7,10-14H,2-5,8-9,28H2,1H3,(H,29,34)(H,30,32)/t12-,13-,14?. The first kappa shape index (κ1) is 25.3. The summed E-state index contributed by atoms with van der Waals surface area (Å²) in [7, 11) is 1.40. The van der Waals surface area contributed by atoms with E-state index in [-0.39, 0.29) is 17.9 Å². The fraction of sp³-hybridized carbons (Fsp3) is 0.417. The second-order valence-corrected chi connectivity index (χ2v) is 8.96. The van der Waals surface area contributed by atoms with Crippen LogP contribution in [0.3, 0.4) is 0 Å². The van der Waals surface area contributed by atoms with Crippen LogP contribution >= 0.6 is 0 Å². The molecule has 1 heterocycles. The molecule has 12 heteroatoms. The minimum absolute atomic E-state index is 0.177. The van der Waals surface area contributed by atoms with Crippen molar-refractivity contribution in [1.82, 2.24) is 15.5 Å². The number of carbonyl (C=O) groups excluding carboxylic acids is 2. The number of hydrogen-bond acceptors (Lipinski definition) is 8. The first-order chi connectivity index (χ1) is 17.2. The monoisotopic (exact) mass is 505 g/mol. The molecule has 0 aliphatic heterocycles. The van der Waals surface area contributed by atoms with Gasteiger partial charge in [0.15, 0.2) is 11.6 Å². The van der Waals surface area contributed by atoms with Gasteiger partial charge in [-0.15, -0.1) is 5.10 Å². The number of nitrogens with zero attached hydrogens (tertiary/aromatic N) is 2. The number of aromatic nitrogens is 2. The van der Waals surface area contributed by atoms with Gasteiger partial charge in [-0.2, -0.15) is 0 Å². The van der Waals surface area contributed by atoms with E-state index in [2.05, 4.69) is 20.8 Å². The molecule has 0 radical (unpaired) electrons. The molecule has 1 amide bonds. The Balaban J connectivity index is 1.31. The smallest absolute Gasteiger partial charge is 0.320 e. The van der Waals surface area contributed by atoms with Gasteiger partial charge < -0.3 is 25.5 Å². The molecule has 1 atom stereocenters. The second kappa shape index (κ2) is 10.8. The summed E-state index contributed by atoms with van der Waals surface area (Å²) in [6.07, 6.45) is 8.68. The average molecular weight is 505 g/mol. The van der Waals surface area contributed by atoms with E-state index in [9.17, 15) is 22.8 Å². The minimum Gasteiger partial charge on any atom is -0.469 e. The summed E-state index contributed by atoms with van der Waals surface area (Å²) in [6, 6.07) is 0.580. The van der Waals surface area contributed by atoms with E-state index in [1.165, 1.54) is 7.11 Å². The van der Waals surface area contributed by atoms with Crippen molar-refractivity contribution in [3.05, 3.63) is 59.0 Å². The van der Waals surface area contributed by atoms with Crippen molar-refractivity contribution in [2.24, 2.45) is 23.5 Å². The summed E-state index contributed by atoms with van der Waals surface area (Å²) in [6.45, 7) is 0. The molecule has 2 aliphatic rings. The highest BCUT2D eigenvalue weighted by Crippen LogP contribution is 2.39. The molecule has 2 aliphatic carbocycles. The molecule has 0 saturated heterocycles. The fourth-order valence-corrected chi connectivity index (χ4v) is 4.62. The number of methoxy groups -OCH3 is 1. The molecule has 0 spiro atoms. The Labute approximate surface area is 205 Å². The Morgan fingerprint density at radius 3 is 2.53 bits per heavy atom. The Hall–Kier alpha value is -3.83. The lowest BCUT2D eigenvalue weighted by atomic mass is 9.72. The number of anilines is 2. The van der Waals surface area contributed by atoms with Gasteiger partial charge >= 0.3 is 23.8 Å². The van der Waals surface area contributed by atoms with Crippen LogP contribution < -0.4 is 16.4 Å². The molecule has 1 saturated carbocycles. The third kappa shape index (κ3) is 5.86. The van der Waals surface area contributed by atoms with Gasteiger partial charge in [-0.25, -0.2) is 13.2 Å². The lowest BCUT2D eigenvalue weighted by Gasteiger charge is -2.34. The molecule has 1 aromatic carbocycles. The first-order valence-electron chi connectivity index (χ1n) is 11.5. The number of amides is 1. The van der Waals surface area contributed by atoms with Crippen molar-refractivity contribution in [3.8, 4) is 0 Å². The van der Waals surface area contributed by atoms with E-state index in [4.69, 9.17) is 14.9 Å². The number of hydrogen-bond donors (Lipinski definition) is 3. The van der Waals surface area contributed by atoms with Crippen LogP contribution in [-0.2, 0) is 9.53 Å². The Morgan fingerprint density at radius 1 is 1.11 bits per heavy atom. The van der Waals surface area contributed by atoms with Crippen molar-refractivity contribution in [2.75, 3.05) is 12.4 Å². The van der Waals surface area contributed by atoms with Crippen LogP contribution in [0.5, 0.6) is 0 Å². The van der Waals surface area contributed by atoms with E-state index < -0.39 is 34.9 Å². The fourth-order valence-electron chi connectivity index (χ4n) is 4.62. The van der Waals surface area contributed by atoms with E-state index in [0.717, 1.165) is 25.7 Å². The average Bonchev–Trinajstić information content (AvgIpc) is 3.33. The van der Waals surface area contributed by atoms with Gasteiger partial charge in [0.2, 0.25) is 0 Å². The molecule has 9 nitrogen and oxygen atoms in total. The molecular weight excluding hydrogens is 479 g/mol. The number of ether oxygens (including phenoxy) is 1. The Bertz CT molecular complexity index is 1200. The highest BCUT2D eigenvalue weighted by atomic mass is 19.2. The summed E-state index contributed by atoms with van der Waals surface area (Å²) < 4.78 is 50.2. The maximum absolute atomic E-state index is 13.8. The van der Waals surface area contributed by atoms with E-state index in [1.807, 2.05) is 6.08 Å². The Morgan fingerprint density at radius 2 is 1.83 bits per heavy atom.